The lowest BCUT2D eigenvalue weighted by Crippen LogP contribution is -2.24. The van der Waals surface area contributed by atoms with Crippen LogP contribution in [0.1, 0.15) is 5.56 Å². The van der Waals surface area contributed by atoms with E-state index in [1.54, 1.807) is 12.1 Å². The summed E-state index contributed by atoms with van der Waals surface area (Å²) in [6.07, 6.45) is 0. The van der Waals surface area contributed by atoms with E-state index in [1.807, 2.05) is 18.2 Å². The molecular formula is C11H13N3O3. The summed E-state index contributed by atoms with van der Waals surface area (Å²) in [6, 6.07) is 9.04. The Labute approximate surface area is 98.9 Å². The quantitative estimate of drug-likeness (QED) is 0.516. The van der Waals surface area contributed by atoms with E-state index >= 15 is 0 Å². The molecule has 3 N–H and O–H groups in total. The van der Waals surface area contributed by atoms with E-state index < -0.39 is 5.91 Å². The Balaban J connectivity index is 2.30. The number of carbonyl (C=O) groups excluding carboxylic acids is 1. The van der Waals surface area contributed by atoms with Crippen molar-refractivity contribution in [3.05, 3.63) is 29.8 Å². The fourth-order valence-electron chi connectivity index (χ4n) is 1.08. The van der Waals surface area contributed by atoms with Gasteiger partial charge in [-0.25, -0.2) is 0 Å². The van der Waals surface area contributed by atoms with Crippen molar-refractivity contribution in [2.75, 3.05) is 13.2 Å². The highest BCUT2D eigenvalue weighted by Gasteiger charge is 1.97. The Morgan fingerprint density at radius 1 is 1.41 bits per heavy atom. The topological polar surface area (TPSA) is 97.4 Å². The summed E-state index contributed by atoms with van der Waals surface area (Å²) in [4.78, 5) is 15.2. The van der Waals surface area contributed by atoms with Crippen molar-refractivity contribution in [1.29, 1.82) is 5.26 Å². The number of rotatable bonds is 7. The number of hydrogen-bond acceptors (Lipinski definition) is 5. The minimum atomic E-state index is -0.530. The average Bonchev–Trinajstić information content (AvgIpc) is 2.33. The van der Waals surface area contributed by atoms with Gasteiger partial charge in [0.15, 0.2) is 6.61 Å². The maximum absolute atomic E-state index is 10.4. The number of nitrogens with zero attached hydrogens (tertiary/aromatic N) is 1. The summed E-state index contributed by atoms with van der Waals surface area (Å²) in [5.41, 5.74) is 8.45. The molecule has 0 aromatic heterocycles. The molecule has 0 atom stereocenters. The van der Waals surface area contributed by atoms with Gasteiger partial charge in [0.1, 0.15) is 18.4 Å². The summed E-state index contributed by atoms with van der Waals surface area (Å²) in [5, 5.41) is 8.33. The Kier molecular flexibility index (Phi) is 5.51. The number of carbonyl (C=O) groups is 1. The Hall–Kier alpha value is -2.10. The molecule has 0 aliphatic heterocycles. The maximum atomic E-state index is 10.4. The van der Waals surface area contributed by atoms with E-state index in [4.69, 9.17) is 20.6 Å². The van der Waals surface area contributed by atoms with Crippen molar-refractivity contribution in [3.8, 4) is 11.8 Å². The molecule has 0 unspecified atom stereocenters. The average molecular weight is 235 g/mol. The fourth-order valence-corrected chi connectivity index (χ4v) is 1.08. The fraction of sp³-hybridized carbons (Fsp3) is 0.273. The number of nitrogens with one attached hydrogen (secondary N) is 1. The van der Waals surface area contributed by atoms with Gasteiger partial charge in [-0.1, -0.05) is 12.1 Å². The highest BCUT2D eigenvalue weighted by Crippen LogP contribution is 2.11. The Bertz CT molecular complexity index is 397. The third-order valence-corrected chi connectivity index (χ3v) is 1.82. The second-order valence-corrected chi connectivity index (χ2v) is 3.17. The molecule has 90 valence electrons. The van der Waals surface area contributed by atoms with E-state index in [0.717, 1.165) is 5.56 Å². The lowest BCUT2D eigenvalue weighted by Gasteiger charge is -2.05. The molecule has 6 nitrogen and oxygen atoms in total. The Morgan fingerprint density at radius 2 is 2.12 bits per heavy atom. The van der Waals surface area contributed by atoms with Crippen LogP contribution in [0.4, 0.5) is 0 Å². The second kappa shape index (κ2) is 7.22. The van der Waals surface area contributed by atoms with Crippen LogP contribution in [-0.4, -0.2) is 19.1 Å². The number of ether oxygens (including phenoxy) is 1. The van der Waals surface area contributed by atoms with E-state index in [9.17, 15) is 4.79 Å². The van der Waals surface area contributed by atoms with Gasteiger partial charge in [-0.15, -0.1) is 0 Å². The number of hydrogen-bond donors (Lipinski definition) is 2. The second-order valence-electron chi connectivity index (χ2n) is 3.17. The van der Waals surface area contributed by atoms with Crippen molar-refractivity contribution in [3.63, 3.8) is 0 Å². The summed E-state index contributed by atoms with van der Waals surface area (Å²) in [5.74, 6) is 0.103. The zero-order valence-electron chi connectivity index (χ0n) is 9.18. The molecule has 17 heavy (non-hydrogen) atoms. The largest absolute Gasteiger partial charge is 0.479 e. The molecule has 1 aromatic rings. The van der Waals surface area contributed by atoms with Crippen LogP contribution in [-0.2, 0) is 16.2 Å². The van der Waals surface area contributed by atoms with Gasteiger partial charge >= 0.3 is 0 Å². The lowest BCUT2D eigenvalue weighted by atomic mass is 10.2. The van der Waals surface area contributed by atoms with Crippen LogP contribution in [0.15, 0.2) is 24.3 Å². The molecule has 0 saturated carbocycles. The van der Waals surface area contributed by atoms with E-state index in [1.165, 1.54) is 0 Å². The smallest absolute Gasteiger partial charge is 0.245 e. The molecule has 0 bridgehead atoms. The van der Waals surface area contributed by atoms with Crippen molar-refractivity contribution in [1.82, 2.24) is 5.48 Å². The molecule has 1 rings (SSSR count). The molecule has 1 aromatic carbocycles. The predicted molar refractivity (Wildman–Crippen MR) is 59.5 cm³/mol. The zero-order chi connectivity index (χ0) is 12.5. The van der Waals surface area contributed by atoms with Crippen molar-refractivity contribution >= 4 is 5.91 Å². The van der Waals surface area contributed by atoms with Crippen molar-refractivity contribution in [2.24, 2.45) is 5.73 Å². The van der Waals surface area contributed by atoms with Gasteiger partial charge in [-0.05, 0) is 17.7 Å². The number of benzene rings is 1. The molecule has 0 radical (unpaired) electrons. The number of primary amides is 1. The molecular weight excluding hydrogens is 222 g/mol. The number of nitriles is 1. The van der Waals surface area contributed by atoms with Gasteiger partial charge in [0.05, 0.1) is 0 Å². The molecule has 1 amide bonds. The minimum absolute atomic E-state index is 0.0271. The van der Waals surface area contributed by atoms with E-state index in [-0.39, 0.29) is 13.2 Å². The standard InChI is InChI=1S/C11H13N3O3/c12-5-6-16-10-3-1-9(2-4-10)7-14-17-8-11(13)15/h1-4,14H,6-8H2,(H2,13,15). The molecule has 6 heteroatoms. The molecule has 0 heterocycles. The van der Waals surface area contributed by atoms with Crippen LogP contribution in [0.2, 0.25) is 0 Å². The van der Waals surface area contributed by atoms with Crippen LogP contribution < -0.4 is 16.0 Å². The van der Waals surface area contributed by atoms with Gasteiger partial charge < -0.3 is 10.5 Å². The van der Waals surface area contributed by atoms with Crippen LogP contribution in [0, 0.1) is 11.3 Å². The highest BCUT2D eigenvalue weighted by molar-refractivity contribution is 5.74. The summed E-state index contributed by atoms with van der Waals surface area (Å²) in [6.45, 7) is 0.314. The van der Waals surface area contributed by atoms with Gasteiger partial charge in [0.25, 0.3) is 0 Å². The third-order valence-electron chi connectivity index (χ3n) is 1.82. The first kappa shape index (κ1) is 13.0. The van der Waals surface area contributed by atoms with Crippen LogP contribution in [0.3, 0.4) is 0 Å². The summed E-state index contributed by atoms with van der Waals surface area (Å²) >= 11 is 0. The Morgan fingerprint density at radius 3 is 2.71 bits per heavy atom. The highest BCUT2D eigenvalue weighted by atomic mass is 16.6. The number of hydroxylamine groups is 1. The van der Waals surface area contributed by atoms with Gasteiger partial charge in [0, 0.05) is 6.54 Å². The third kappa shape index (κ3) is 5.51. The lowest BCUT2D eigenvalue weighted by molar-refractivity contribution is -0.125. The normalized spacial score (nSPS) is 9.59. The summed E-state index contributed by atoms with van der Waals surface area (Å²) < 4.78 is 5.09. The molecule has 0 aliphatic rings. The number of nitrogens with two attached hydrogens (primary N) is 1. The monoisotopic (exact) mass is 235 g/mol. The van der Waals surface area contributed by atoms with E-state index in [2.05, 4.69) is 5.48 Å². The SMILES string of the molecule is N#CCOc1ccc(CNOCC(N)=O)cc1. The van der Waals surface area contributed by atoms with Crippen LogP contribution in [0.5, 0.6) is 5.75 Å². The van der Waals surface area contributed by atoms with Crippen molar-refractivity contribution in [2.45, 2.75) is 6.54 Å². The summed E-state index contributed by atoms with van der Waals surface area (Å²) in [7, 11) is 0. The first-order valence-electron chi connectivity index (χ1n) is 4.94. The van der Waals surface area contributed by atoms with Gasteiger partial charge in [-0.3, -0.25) is 9.63 Å². The van der Waals surface area contributed by atoms with Crippen molar-refractivity contribution < 1.29 is 14.4 Å². The predicted octanol–water partition coefficient (Wildman–Crippen LogP) is 0.0955. The van der Waals surface area contributed by atoms with Crippen LogP contribution >= 0.6 is 0 Å². The molecule has 0 aliphatic carbocycles. The van der Waals surface area contributed by atoms with Crippen LogP contribution in [0.25, 0.3) is 0 Å². The van der Waals surface area contributed by atoms with Gasteiger partial charge in [-0.2, -0.15) is 10.7 Å². The molecule has 0 saturated heterocycles. The maximum Gasteiger partial charge on any atom is 0.245 e. The number of amides is 1. The molecule has 0 spiro atoms. The van der Waals surface area contributed by atoms with E-state index in [0.29, 0.717) is 12.3 Å². The first-order chi connectivity index (χ1) is 8.22. The first-order valence-corrected chi connectivity index (χ1v) is 4.94. The van der Waals surface area contributed by atoms with Gasteiger partial charge in [0.2, 0.25) is 5.91 Å². The molecule has 0 fully saturated rings. The minimum Gasteiger partial charge on any atom is -0.479 e. The zero-order valence-corrected chi connectivity index (χ0v) is 9.18.